The predicted molar refractivity (Wildman–Crippen MR) is 137 cm³/mol. The molecule has 6 N–H and O–H groups in total. The van der Waals surface area contributed by atoms with E-state index in [4.69, 9.17) is 30.5 Å². The highest BCUT2D eigenvalue weighted by Crippen LogP contribution is 2.28. The Labute approximate surface area is 228 Å². The van der Waals surface area contributed by atoms with Crippen LogP contribution in [-0.2, 0) is 32.0 Å². The zero-order chi connectivity index (χ0) is 28.4. The summed E-state index contributed by atoms with van der Waals surface area (Å²) in [5, 5.41) is 62.9. The fraction of sp³-hybridized carbons (Fsp3) is 0.560. The van der Waals surface area contributed by atoms with Crippen molar-refractivity contribution in [1.29, 1.82) is 0 Å². The van der Waals surface area contributed by atoms with Gasteiger partial charge in [-0.05, 0) is 18.2 Å². The summed E-state index contributed by atoms with van der Waals surface area (Å²) in [5.74, 6) is 0. The van der Waals surface area contributed by atoms with Gasteiger partial charge >= 0.3 is 5.69 Å². The summed E-state index contributed by atoms with van der Waals surface area (Å²) in [5.41, 5.74) is 0.125. The molecule has 2 aliphatic rings. The van der Waals surface area contributed by atoms with E-state index in [1.165, 1.54) is 27.4 Å². The molecule has 2 fully saturated rings. The average molecular weight is 573 g/mol. The van der Waals surface area contributed by atoms with Crippen LogP contribution in [0.5, 0.6) is 0 Å². The van der Waals surface area contributed by atoms with Gasteiger partial charge in [-0.25, -0.2) is 4.79 Å². The van der Waals surface area contributed by atoms with Gasteiger partial charge < -0.3 is 49.6 Å². The van der Waals surface area contributed by atoms with Crippen LogP contribution < -0.4 is 5.69 Å². The summed E-state index contributed by atoms with van der Waals surface area (Å²) in [6, 6.07) is 4.66. The van der Waals surface area contributed by atoms with Crippen molar-refractivity contribution < 1.29 is 49.6 Å². The molecule has 1 aromatic carbocycles. The normalized spacial score (nSPS) is 35.3. The minimum atomic E-state index is -1.69. The van der Waals surface area contributed by atoms with Crippen LogP contribution in [0, 0.1) is 0 Å². The monoisotopic (exact) mass is 572 g/mol. The molecular weight excluding hydrogens is 540 g/mol. The van der Waals surface area contributed by atoms with Crippen molar-refractivity contribution in [2.75, 3.05) is 13.2 Å². The van der Waals surface area contributed by atoms with Crippen LogP contribution in [0.3, 0.4) is 0 Å². The van der Waals surface area contributed by atoms with Crippen molar-refractivity contribution in [2.24, 2.45) is 0 Å². The number of aromatic nitrogens is 2. The predicted octanol–water partition coefficient (Wildman–Crippen LogP) is -1.52. The molecule has 0 spiro atoms. The number of ether oxygens (including phenoxy) is 4. The summed E-state index contributed by atoms with van der Waals surface area (Å²) in [7, 11) is 0. The second kappa shape index (κ2) is 12.6. The van der Waals surface area contributed by atoms with E-state index < -0.39 is 67.1 Å². The summed E-state index contributed by atoms with van der Waals surface area (Å²) in [4.78, 5) is 13.7. The Morgan fingerprint density at radius 1 is 0.795 bits per heavy atom. The lowest BCUT2D eigenvalue weighted by Gasteiger charge is -2.40. The second-order valence-electron chi connectivity index (χ2n) is 9.40. The van der Waals surface area contributed by atoms with Crippen LogP contribution in [0.25, 0.3) is 11.0 Å². The number of rotatable bonds is 10. The molecule has 0 unspecified atom stereocenters. The molecule has 13 nitrogen and oxygen atoms in total. The van der Waals surface area contributed by atoms with E-state index in [9.17, 15) is 35.4 Å². The Morgan fingerprint density at radius 2 is 1.26 bits per heavy atom. The largest absolute Gasteiger partial charge is 0.388 e. The van der Waals surface area contributed by atoms with Gasteiger partial charge in [0.25, 0.3) is 0 Å². The first-order valence-electron chi connectivity index (χ1n) is 12.3. The maximum absolute atomic E-state index is 13.7. The average Bonchev–Trinajstić information content (AvgIpc) is 3.15. The van der Waals surface area contributed by atoms with Gasteiger partial charge in [0.15, 0.2) is 12.6 Å². The molecule has 216 valence electrons. The maximum Gasteiger partial charge on any atom is 0.329 e. The molecule has 14 heteroatoms. The second-order valence-corrected chi connectivity index (χ2v) is 9.84. The van der Waals surface area contributed by atoms with E-state index in [1.54, 1.807) is 12.1 Å². The Hall–Kier alpha value is -2.14. The van der Waals surface area contributed by atoms with Gasteiger partial charge in [-0.15, -0.1) is 13.2 Å². The van der Waals surface area contributed by atoms with E-state index in [0.29, 0.717) is 16.1 Å². The standard InChI is InChI=1S/C25H33ClN2O11/c1-3-7-36-21-17(29)15(38-23(33)19(21)31)10-27-13-6-5-12(26)9-14(13)28(25(27)35)11-16-18(30)22(37-8-4-2)20(32)24(34)39-16/h3-6,9,15-24,29-34H,1-2,7-8,10-11H2/t15-,16+,17+,18+,19+,20-,21+,22-,23-,24+/m1/s1. The first kappa shape index (κ1) is 29.8. The quantitative estimate of drug-likeness (QED) is 0.182. The molecule has 0 amide bonds. The van der Waals surface area contributed by atoms with Crippen molar-refractivity contribution in [3.8, 4) is 0 Å². The number of halogens is 1. The SMILES string of the molecule is C=CCO[C@@H]1[C@@H](O)[C@H](Cn2c(=O)n(C[C@H]3O[C@@H](O)[C@@H](O)[C@@H](OCC=C)[C@H]3O)c3ccc(Cl)cc32)O[C@H](O)[C@@H]1O. The third-order valence-corrected chi connectivity index (χ3v) is 7.08. The highest BCUT2D eigenvalue weighted by molar-refractivity contribution is 6.31. The van der Waals surface area contributed by atoms with Crippen LogP contribution >= 0.6 is 11.6 Å². The first-order chi connectivity index (χ1) is 18.6. The summed E-state index contributed by atoms with van der Waals surface area (Å²) >= 11 is 6.21. The van der Waals surface area contributed by atoms with E-state index in [0.717, 1.165) is 0 Å². The fourth-order valence-electron chi connectivity index (χ4n) is 4.89. The maximum atomic E-state index is 13.7. The van der Waals surface area contributed by atoms with Gasteiger partial charge in [0, 0.05) is 5.02 Å². The van der Waals surface area contributed by atoms with Gasteiger partial charge in [-0.1, -0.05) is 23.8 Å². The summed E-state index contributed by atoms with van der Waals surface area (Å²) < 4.78 is 24.2. The van der Waals surface area contributed by atoms with E-state index in [2.05, 4.69) is 13.2 Å². The molecule has 2 saturated heterocycles. The third-order valence-electron chi connectivity index (χ3n) is 6.84. The molecule has 2 aliphatic heterocycles. The van der Waals surface area contributed by atoms with Crippen LogP contribution in [0.15, 0.2) is 48.3 Å². The van der Waals surface area contributed by atoms with Crippen molar-refractivity contribution in [1.82, 2.24) is 9.13 Å². The van der Waals surface area contributed by atoms with E-state index in [1.807, 2.05) is 0 Å². The van der Waals surface area contributed by atoms with E-state index >= 15 is 0 Å². The van der Waals surface area contributed by atoms with Crippen molar-refractivity contribution in [3.05, 3.63) is 59.0 Å². The number of nitrogens with zero attached hydrogens (tertiary/aromatic N) is 2. The van der Waals surface area contributed by atoms with E-state index in [-0.39, 0.29) is 26.3 Å². The number of benzene rings is 1. The molecule has 3 heterocycles. The Kier molecular flexibility index (Phi) is 9.62. The van der Waals surface area contributed by atoms with Crippen LogP contribution in [0.2, 0.25) is 5.02 Å². The number of hydrogen-bond acceptors (Lipinski definition) is 11. The number of imidazole rings is 1. The molecule has 10 atom stereocenters. The van der Waals surface area contributed by atoms with Gasteiger partial charge in [0.1, 0.15) is 48.8 Å². The number of fused-ring (bicyclic) bond motifs is 1. The minimum Gasteiger partial charge on any atom is -0.388 e. The number of aliphatic hydroxyl groups excluding tert-OH is 6. The molecule has 0 radical (unpaired) electrons. The minimum absolute atomic E-state index is 0.00223. The molecule has 2 aromatic rings. The van der Waals surface area contributed by atoms with Crippen molar-refractivity contribution >= 4 is 22.6 Å². The molecule has 0 aliphatic carbocycles. The lowest BCUT2D eigenvalue weighted by molar-refractivity contribution is -0.290. The molecule has 4 rings (SSSR count). The highest BCUT2D eigenvalue weighted by atomic mass is 35.5. The lowest BCUT2D eigenvalue weighted by atomic mass is 9.98. The Balaban J connectivity index is 1.66. The summed E-state index contributed by atoms with van der Waals surface area (Å²) in [6.45, 7) is 6.54. The van der Waals surface area contributed by atoms with Crippen LogP contribution in [0.4, 0.5) is 0 Å². The molecule has 39 heavy (non-hydrogen) atoms. The van der Waals surface area contributed by atoms with Crippen molar-refractivity contribution in [3.63, 3.8) is 0 Å². The van der Waals surface area contributed by atoms with Crippen LogP contribution in [-0.4, -0.2) is 114 Å². The zero-order valence-corrected chi connectivity index (χ0v) is 21.7. The zero-order valence-electron chi connectivity index (χ0n) is 20.9. The Morgan fingerprint density at radius 3 is 1.72 bits per heavy atom. The smallest absolute Gasteiger partial charge is 0.329 e. The fourth-order valence-corrected chi connectivity index (χ4v) is 5.06. The Bertz CT molecular complexity index is 1220. The topological polar surface area (TPSA) is 185 Å². The molecular formula is C25H33ClN2O11. The third kappa shape index (κ3) is 5.99. The molecule has 0 saturated carbocycles. The van der Waals surface area contributed by atoms with Crippen LogP contribution in [0.1, 0.15) is 0 Å². The van der Waals surface area contributed by atoms with Gasteiger partial charge in [0.2, 0.25) is 0 Å². The molecule has 0 bridgehead atoms. The van der Waals surface area contributed by atoms with Gasteiger partial charge in [-0.3, -0.25) is 9.13 Å². The van der Waals surface area contributed by atoms with Gasteiger partial charge in [0.05, 0.1) is 37.3 Å². The highest BCUT2D eigenvalue weighted by Gasteiger charge is 2.46. The van der Waals surface area contributed by atoms with Gasteiger partial charge in [-0.2, -0.15) is 0 Å². The summed E-state index contributed by atoms with van der Waals surface area (Å²) in [6.07, 6.45) is -11.2. The van der Waals surface area contributed by atoms with Crippen molar-refractivity contribution in [2.45, 2.75) is 74.5 Å². The lowest BCUT2D eigenvalue weighted by Crippen LogP contribution is -2.60. The number of hydrogen-bond donors (Lipinski definition) is 6. The first-order valence-corrected chi connectivity index (χ1v) is 12.7. The number of aliphatic hydroxyl groups is 6. The molecule has 1 aromatic heterocycles.